The zero-order valence-corrected chi connectivity index (χ0v) is 15.3. The molecule has 1 N–H and O–H groups in total. The summed E-state index contributed by atoms with van der Waals surface area (Å²) in [5.74, 6) is -0.0105. The van der Waals surface area contributed by atoms with E-state index in [9.17, 15) is 14.4 Å². The Morgan fingerprint density at radius 1 is 0.963 bits per heavy atom. The van der Waals surface area contributed by atoms with E-state index in [-0.39, 0.29) is 17.7 Å². The molecule has 4 rings (SSSR count). The van der Waals surface area contributed by atoms with Gasteiger partial charge in [-0.25, -0.2) is 0 Å². The highest BCUT2D eigenvalue weighted by molar-refractivity contribution is 6.03. The van der Waals surface area contributed by atoms with Crippen LogP contribution < -0.4 is 4.90 Å². The van der Waals surface area contributed by atoms with E-state index in [0.29, 0.717) is 43.7 Å². The van der Waals surface area contributed by atoms with Gasteiger partial charge in [0, 0.05) is 56.9 Å². The van der Waals surface area contributed by atoms with Crippen LogP contribution in [-0.2, 0) is 11.2 Å². The van der Waals surface area contributed by atoms with Crippen LogP contribution in [0, 0.1) is 0 Å². The normalized spacial score (nSPS) is 17.1. The molecule has 0 saturated carbocycles. The zero-order valence-electron chi connectivity index (χ0n) is 15.3. The third-order valence-electron chi connectivity index (χ3n) is 5.32. The van der Waals surface area contributed by atoms with Crippen molar-refractivity contribution in [3.05, 3.63) is 53.3 Å². The number of nitrogens with one attached hydrogen (secondary N) is 1. The lowest BCUT2D eigenvalue weighted by Crippen LogP contribution is -2.37. The fraction of sp³-hybridized carbons (Fsp3) is 0.350. The number of aromatic nitrogens is 1. The number of anilines is 1. The Morgan fingerprint density at radius 2 is 1.67 bits per heavy atom. The Morgan fingerprint density at radius 3 is 2.33 bits per heavy atom. The van der Waals surface area contributed by atoms with Gasteiger partial charge < -0.3 is 19.7 Å². The molecule has 140 valence electrons. The molecule has 1 saturated heterocycles. The largest absolute Gasteiger partial charge is 0.367 e. The van der Waals surface area contributed by atoms with Gasteiger partial charge in [-0.3, -0.25) is 14.4 Å². The second kappa shape index (κ2) is 6.90. The van der Waals surface area contributed by atoms with Crippen molar-refractivity contribution in [3.8, 4) is 0 Å². The molecule has 1 aromatic carbocycles. The van der Waals surface area contributed by atoms with Gasteiger partial charge in [0.15, 0.2) is 0 Å². The Labute approximate surface area is 157 Å². The number of carbonyl (C=O) groups is 3. The topological polar surface area (TPSA) is 76.7 Å². The van der Waals surface area contributed by atoms with E-state index in [1.54, 1.807) is 46.3 Å². The molecule has 1 aromatic heterocycles. The second-order valence-electron chi connectivity index (χ2n) is 7.01. The van der Waals surface area contributed by atoms with Crippen molar-refractivity contribution in [2.24, 2.45) is 0 Å². The quantitative estimate of drug-likeness (QED) is 0.876. The molecular formula is C20H22N4O3. The highest BCUT2D eigenvalue weighted by Gasteiger charge is 2.27. The first-order chi connectivity index (χ1) is 13.0. The lowest BCUT2D eigenvalue weighted by molar-refractivity contribution is -0.117. The van der Waals surface area contributed by atoms with Crippen LogP contribution in [0.2, 0.25) is 0 Å². The average Bonchev–Trinajstić information content (AvgIpc) is 3.22. The fourth-order valence-corrected chi connectivity index (χ4v) is 3.75. The van der Waals surface area contributed by atoms with Gasteiger partial charge in [0.25, 0.3) is 11.8 Å². The third-order valence-corrected chi connectivity index (χ3v) is 5.32. The smallest absolute Gasteiger partial charge is 0.255 e. The number of likely N-dealkylation sites (N-methyl/N-ethyl adjacent to an activating group) is 1. The molecule has 2 aromatic rings. The van der Waals surface area contributed by atoms with E-state index in [2.05, 4.69) is 4.98 Å². The molecule has 0 bridgehead atoms. The zero-order chi connectivity index (χ0) is 19.0. The van der Waals surface area contributed by atoms with Gasteiger partial charge in [-0.05, 0) is 36.2 Å². The number of hydrogen-bond donors (Lipinski definition) is 1. The molecule has 7 heteroatoms. The number of fused-ring (bicyclic) bond motifs is 1. The summed E-state index contributed by atoms with van der Waals surface area (Å²) < 4.78 is 0. The van der Waals surface area contributed by atoms with Crippen LogP contribution in [0.5, 0.6) is 0 Å². The Balaban J connectivity index is 1.45. The van der Waals surface area contributed by atoms with E-state index in [4.69, 9.17) is 0 Å². The summed E-state index contributed by atoms with van der Waals surface area (Å²) in [6.07, 6.45) is 4.51. The summed E-state index contributed by atoms with van der Waals surface area (Å²) >= 11 is 0. The van der Waals surface area contributed by atoms with E-state index in [0.717, 1.165) is 17.7 Å². The number of rotatable bonds is 2. The molecule has 2 aliphatic heterocycles. The molecule has 0 aliphatic carbocycles. The number of H-pyrrole nitrogens is 1. The van der Waals surface area contributed by atoms with Crippen molar-refractivity contribution >= 4 is 23.4 Å². The number of aromatic amines is 1. The molecule has 0 atom stereocenters. The monoisotopic (exact) mass is 366 g/mol. The summed E-state index contributed by atoms with van der Waals surface area (Å²) in [6.45, 7) is 2.27. The SMILES string of the molecule is CN1C(=O)Cc2cc(C(=O)N3CCCN(C(=O)c4cc[nH]c4)CC3)ccc21. The highest BCUT2D eigenvalue weighted by Crippen LogP contribution is 2.28. The summed E-state index contributed by atoms with van der Waals surface area (Å²) in [4.78, 5) is 45.4. The maximum Gasteiger partial charge on any atom is 0.255 e. The molecule has 1 fully saturated rings. The van der Waals surface area contributed by atoms with Crippen molar-refractivity contribution in [2.75, 3.05) is 38.1 Å². The van der Waals surface area contributed by atoms with Gasteiger partial charge in [-0.2, -0.15) is 0 Å². The standard InChI is InChI=1S/C20H22N4O3/c1-22-17-4-3-14(11-16(17)12-18(22)25)19(26)23-7-2-8-24(10-9-23)20(27)15-5-6-21-13-15/h3-6,11,13,21H,2,7-10,12H2,1H3. The van der Waals surface area contributed by atoms with Crippen LogP contribution in [0.3, 0.4) is 0 Å². The van der Waals surface area contributed by atoms with Crippen LogP contribution in [0.25, 0.3) is 0 Å². The Bertz CT molecular complexity index is 891. The Hall–Kier alpha value is -3.09. The minimum absolute atomic E-state index is 0.00960. The predicted molar refractivity (Wildman–Crippen MR) is 101 cm³/mol. The summed E-state index contributed by atoms with van der Waals surface area (Å²) in [5, 5.41) is 0. The number of nitrogens with zero attached hydrogens (tertiary/aromatic N) is 3. The highest BCUT2D eigenvalue weighted by atomic mass is 16.2. The fourth-order valence-electron chi connectivity index (χ4n) is 3.75. The number of benzene rings is 1. The molecule has 3 heterocycles. The van der Waals surface area contributed by atoms with E-state index in [1.807, 2.05) is 12.1 Å². The van der Waals surface area contributed by atoms with Crippen LogP contribution in [0.4, 0.5) is 5.69 Å². The minimum Gasteiger partial charge on any atom is -0.367 e. The first-order valence-electron chi connectivity index (χ1n) is 9.15. The molecule has 3 amide bonds. The van der Waals surface area contributed by atoms with Crippen LogP contribution >= 0.6 is 0 Å². The lowest BCUT2D eigenvalue weighted by atomic mass is 10.1. The van der Waals surface area contributed by atoms with Crippen molar-refractivity contribution in [1.82, 2.24) is 14.8 Å². The predicted octanol–water partition coefficient (Wildman–Crippen LogP) is 1.52. The maximum absolute atomic E-state index is 12.9. The van der Waals surface area contributed by atoms with Gasteiger partial charge in [-0.15, -0.1) is 0 Å². The van der Waals surface area contributed by atoms with Crippen LogP contribution in [0.15, 0.2) is 36.7 Å². The van der Waals surface area contributed by atoms with E-state index < -0.39 is 0 Å². The molecule has 0 spiro atoms. The van der Waals surface area contributed by atoms with Crippen molar-refractivity contribution in [3.63, 3.8) is 0 Å². The lowest BCUT2D eigenvalue weighted by Gasteiger charge is -2.22. The maximum atomic E-state index is 12.9. The molecule has 27 heavy (non-hydrogen) atoms. The average molecular weight is 366 g/mol. The minimum atomic E-state index is -0.0456. The molecule has 0 radical (unpaired) electrons. The van der Waals surface area contributed by atoms with Crippen molar-refractivity contribution in [1.29, 1.82) is 0 Å². The number of amides is 3. The van der Waals surface area contributed by atoms with Gasteiger partial charge in [0.2, 0.25) is 5.91 Å². The molecular weight excluding hydrogens is 344 g/mol. The summed E-state index contributed by atoms with van der Waals surface area (Å²) in [5.41, 5.74) is 3.01. The molecule has 7 nitrogen and oxygen atoms in total. The van der Waals surface area contributed by atoms with Gasteiger partial charge >= 0.3 is 0 Å². The van der Waals surface area contributed by atoms with Gasteiger partial charge in [0.1, 0.15) is 0 Å². The molecule has 0 unspecified atom stereocenters. The van der Waals surface area contributed by atoms with E-state index in [1.165, 1.54) is 0 Å². The summed E-state index contributed by atoms with van der Waals surface area (Å²) in [7, 11) is 1.75. The second-order valence-corrected chi connectivity index (χ2v) is 7.01. The first kappa shape index (κ1) is 17.3. The van der Waals surface area contributed by atoms with Crippen molar-refractivity contribution in [2.45, 2.75) is 12.8 Å². The number of carbonyl (C=O) groups excluding carboxylic acids is 3. The third kappa shape index (κ3) is 3.20. The summed E-state index contributed by atoms with van der Waals surface area (Å²) in [6, 6.07) is 7.21. The first-order valence-corrected chi connectivity index (χ1v) is 9.15. The number of hydrogen-bond acceptors (Lipinski definition) is 3. The van der Waals surface area contributed by atoms with Gasteiger partial charge in [0.05, 0.1) is 12.0 Å². The van der Waals surface area contributed by atoms with Crippen LogP contribution in [0.1, 0.15) is 32.7 Å². The molecule has 2 aliphatic rings. The Kier molecular flexibility index (Phi) is 4.43. The van der Waals surface area contributed by atoms with Gasteiger partial charge in [-0.1, -0.05) is 0 Å². The van der Waals surface area contributed by atoms with E-state index >= 15 is 0 Å². The van der Waals surface area contributed by atoms with Crippen molar-refractivity contribution < 1.29 is 14.4 Å². The van der Waals surface area contributed by atoms with Crippen LogP contribution in [-0.4, -0.2) is 65.7 Å².